The van der Waals surface area contributed by atoms with Gasteiger partial charge in [0.25, 0.3) is 0 Å². The summed E-state index contributed by atoms with van der Waals surface area (Å²) in [5.41, 5.74) is 0. The Bertz CT molecular complexity index is 1040. The van der Waals surface area contributed by atoms with Crippen LogP contribution < -0.4 is 0 Å². The Balaban J connectivity index is 4.20. The summed E-state index contributed by atoms with van der Waals surface area (Å²) in [5.74, 6) is 0.875. The minimum Gasteiger partial charge on any atom is -0.462 e. The molecule has 1 atom stereocenters. The summed E-state index contributed by atoms with van der Waals surface area (Å²) < 4.78 is 16.9. The molecule has 0 aliphatic rings. The molecule has 0 saturated carbocycles. The SMILES string of the molecule is CCCCCCCCCCCCC(=O)OC[C@@H](COC(=O)CCCCCCCCCCCCCCCCCCC(C)C)OC(=O)CCCCCCCCCCCCCCCCCCCCC(C)C. The van der Waals surface area contributed by atoms with E-state index in [0.717, 1.165) is 69.6 Å². The Kier molecular flexibility index (Phi) is 53.5. The minimum absolute atomic E-state index is 0.0622. The van der Waals surface area contributed by atoms with E-state index in [4.69, 9.17) is 14.2 Å². The normalized spacial score (nSPS) is 12.0. The molecular formula is C62H120O6. The van der Waals surface area contributed by atoms with Gasteiger partial charge >= 0.3 is 17.9 Å². The second-order valence-electron chi connectivity index (χ2n) is 22.3. The maximum absolute atomic E-state index is 12.9. The van der Waals surface area contributed by atoms with Crippen molar-refractivity contribution in [1.82, 2.24) is 0 Å². The van der Waals surface area contributed by atoms with E-state index in [1.165, 1.54) is 238 Å². The van der Waals surface area contributed by atoms with Crippen molar-refractivity contribution in [2.45, 2.75) is 355 Å². The molecule has 68 heavy (non-hydrogen) atoms. The summed E-state index contributed by atoms with van der Waals surface area (Å²) in [7, 11) is 0. The highest BCUT2D eigenvalue weighted by Gasteiger charge is 2.19. The molecule has 0 rings (SSSR count). The molecule has 0 unspecified atom stereocenters. The average Bonchev–Trinajstić information content (AvgIpc) is 3.31. The van der Waals surface area contributed by atoms with E-state index in [1.54, 1.807) is 0 Å². The molecule has 0 amide bonds. The van der Waals surface area contributed by atoms with E-state index in [0.29, 0.717) is 19.3 Å². The van der Waals surface area contributed by atoms with Crippen LogP contribution in [0.4, 0.5) is 0 Å². The number of esters is 3. The molecular weight excluding hydrogens is 841 g/mol. The van der Waals surface area contributed by atoms with Gasteiger partial charge in [0, 0.05) is 19.3 Å². The van der Waals surface area contributed by atoms with Gasteiger partial charge in [0.1, 0.15) is 13.2 Å². The molecule has 0 aliphatic heterocycles. The Morgan fingerprint density at radius 3 is 0.721 bits per heavy atom. The van der Waals surface area contributed by atoms with Gasteiger partial charge in [-0.05, 0) is 31.1 Å². The highest BCUT2D eigenvalue weighted by Crippen LogP contribution is 2.19. The predicted molar refractivity (Wildman–Crippen MR) is 293 cm³/mol. The molecule has 0 aromatic carbocycles. The Morgan fingerprint density at radius 1 is 0.279 bits per heavy atom. The van der Waals surface area contributed by atoms with Crippen LogP contribution >= 0.6 is 0 Å². The quantitative estimate of drug-likeness (QED) is 0.0343. The summed E-state index contributed by atoms with van der Waals surface area (Å²) in [5, 5.41) is 0. The van der Waals surface area contributed by atoms with Gasteiger partial charge in [0.2, 0.25) is 0 Å². The molecule has 0 aromatic heterocycles. The van der Waals surface area contributed by atoms with E-state index in [2.05, 4.69) is 34.6 Å². The van der Waals surface area contributed by atoms with Gasteiger partial charge in [0.15, 0.2) is 6.10 Å². The van der Waals surface area contributed by atoms with Crippen molar-refractivity contribution in [3.05, 3.63) is 0 Å². The first-order valence-corrected chi connectivity index (χ1v) is 30.7. The monoisotopic (exact) mass is 961 g/mol. The molecule has 0 N–H and O–H groups in total. The number of ether oxygens (including phenoxy) is 3. The van der Waals surface area contributed by atoms with Gasteiger partial charge in [-0.25, -0.2) is 0 Å². The zero-order chi connectivity index (χ0) is 49.6. The predicted octanol–water partition coefficient (Wildman–Crippen LogP) is 20.4. The fraction of sp³-hybridized carbons (Fsp3) is 0.952. The smallest absolute Gasteiger partial charge is 0.306 e. The van der Waals surface area contributed by atoms with Gasteiger partial charge < -0.3 is 14.2 Å². The lowest BCUT2D eigenvalue weighted by molar-refractivity contribution is -0.167. The minimum atomic E-state index is -0.762. The van der Waals surface area contributed by atoms with Crippen LogP contribution in [0.1, 0.15) is 349 Å². The van der Waals surface area contributed by atoms with Crippen molar-refractivity contribution in [3.63, 3.8) is 0 Å². The molecule has 0 radical (unpaired) electrons. The van der Waals surface area contributed by atoms with Crippen LogP contribution in [0.25, 0.3) is 0 Å². The number of rotatable bonds is 56. The fourth-order valence-corrected chi connectivity index (χ4v) is 9.58. The lowest BCUT2D eigenvalue weighted by atomic mass is 10.0. The Labute approximate surface area is 425 Å². The van der Waals surface area contributed by atoms with Crippen molar-refractivity contribution < 1.29 is 28.6 Å². The van der Waals surface area contributed by atoms with E-state index < -0.39 is 6.10 Å². The third kappa shape index (κ3) is 55.3. The van der Waals surface area contributed by atoms with Crippen molar-refractivity contribution in [1.29, 1.82) is 0 Å². The molecule has 404 valence electrons. The molecule has 0 saturated heterocycles. The molecule has 0 heterocycles. The molecule has 0 bridgehead atoms. The van der Waals surface area contributed by atoms with Crippen LogP contribution in [0.5, 0.6) is 0 Å². The summed E-state index contributed by atoms with van der Waals surface area (Å²) in [6.45, 7) is 11.4. The summed E-state index contributed by atoms with van der Waals surface area (Å²) in [4.78, 5) is 38.2. The van der Waals surface area contributed by atoms with Crippen LogP contribution in [0, 0.1) is 11.8 Å². The molecule has 0 spiro atoms. The van der Waals surface area contributed by atoms with Crippen molar-refractivity contribution >= 4 is 17.9 Å². The largest absolute Gasteiger partial charge is 0.462 e. The van der Waals surface area contributed by atoms with E-state index >= 15 is 0 Å². The Morgan fingerprint density at radius 2 is 0.485 bits per heavy atom. The van der Waals surface area contributed by atoms with Gasteiger partial charge in [-0.2, -0.15) is 0 Å². The van der Waals surface area contributed by atoms with E-state index in [1.807, 2.05) is 0 Å². The third-order valence-electron chi connectivity index (χ3n) is 14.2. The first-order chi connectivity index (χ1) is 33.2. The maximum Gasteiger partial charge on any atom is 0.306 e. The van der Waals surface area contributed by atoms with E-state index in [9.17, 15) is 14.4 Å². The second-order valence-corrected chi connectivity index (χ2v) is 22.3. The molecule has 6 heteroatoms. The lowest BCUT2D eigenvalue weighted by Crippen LogP contribution is -2.30. The van der Waals surface area contributed by atoms with Crippen molar-refractivity contribution in [2.24, 2.45) is 11.8 Å². The van der Waals surface area contributed by atoms with Crippen LogP contribution in [0.3, 0.4) is 0 Å². The van der Waals surface area contributed by atoms with E-state index in [-0.39, 0.29) is 31.1 Å². The first-order valence-electron chi connectivity index (χ1n) is 30.7. The maximum atomic E-state index is 12.9. The van der Waals surface area contributed by atoms with Gasteiger partial charge in [-0.3, -0.25) is 14.4 Å². The van der Waals surface area contributed by atoms with Gasteiger partial charge in [0.05, 0.1) is 0 Å². The number of unbranched alkanes of at least 4 members (excludes halogenated alkanes) is 41. The average molecular weight is 962 g/mol. The van der Waals surface area contributed by atoms with Crippen LogP contribution in [-0.4, -0.2) is 37.2 Å². The molecule has 0 aromatic rings. The zero-order valence-corrected chi connectivity index (χ0v) is 46.7. The summed E-state index contributed by atoms with van der Waals surface area (Å²) in [6, 6.07) is 0. The first kappa shape index (κ1) is 66.4. The molecule has 6 nitrogen and oxygen atoms in total. The second kappa shape index (κ2) is 54.7. The summed E-state index contributed by atoms with van der Waals surface area (Å²) in [6.07, 6.45) is 59.6. The van der Waals surface area contributed by atoms with Crippen molar-refractivity contribution in [3.8, 4) is 0 Å². The fourth-order valence-electron chi connectivity index (χ4n) is 9.58. The van der Waals surface area contributed by atoms with Gasteiger partial charge in [-0.15, -0.1) is 0 Å². The lowest BCUT2D eigenvalue weighted by Gasteiger charge is -2.18. The third-order valence-corrected chi connectivity index (χ3v) is 14.2. The standard InChI is InChI=1S/C62H120O6/c1-6-7-8-9-10-11-32-37-42-47-52-60(63)66-55-59(56-67-61(64)53-48-43-38-33-28-24-20-17-16-19-23-27-31-36-41-46-51-58(4)5)68-62(65)54-49-44-39-34-29-25-21-15-13-12-14-18-22-26-30-35-40-45-50-57(2)3/h57-59H,6-56H2,1-5H3/t59-/m0/s1. The summed E-state index contributed by atoms with van der Waals surface area (Å²) >= 11 is 0. The number of hydrogen-bond acceptors (Lipinski definition) is 6. The topological polar surface area (TPSA) is 78.9 Å². The zero-order valence-electron chi connectivity index (χ0n) is 46.7. The number of hydrogen-bond donors (Lipinski definition) is 0. The van der Waals surface area contributed by atoms with Gasteiger partial charge in [-0.1, -0.05) is 311 Å². The Hall–Kier alpha value is -1.59. The number of carbonyl (C=O) groups excluding carboxylic acids is 3. The highest BCUT2D eigenvalue weighted by atomic mass is 16.6. The number of carbonyl (C=O) groups is 3. The molecule has 0 fully saturated rings. The van der Waals surface area contributed by atoms with Crippen LogP contribution in [0.15, 0.2) is 0 Å². The van der Waals surface area contributed by atoms with Crippen LogP contribution in [-0.2, 0) is 28.6 Å². The molecule has 0 aliphatic carbocycles. The van der Waals surface area contributed by atoms with Crippen LogP contribution in [0.2, 0.25) is 0 Å². The van der Waals surface area contributed by atoms with Crippen molar-refractivity contribution in [2.75, 3.05) is 13.2 Å². The highest BCUT2D eigenvalue weighted by molar-refractivity contribution is 5.71.